The molecule has 98 valence electrons. The Morgan fingerprint density at radius 2 is 1.82 bits per heavy atom. The highest BCUT2D eigenvalue weighted by Crippen LogP contribution is 2.26. The molecule has 0 unspecified atom stereocenters. The number of hydrogen-bond acceptors (Lipinski definition) is 4. The van der Waals surface area contributed by atoms with E-state index in [1.807, 2.05) is 0 Å². The lowest BCUT2D eigenvalue weighted by Gasteiger charge is -2.21. The summed E-state index contributed by atoms with van der Waals surface area (Å²) >= 11 is 1.40. The van der Waals surface area contributed by atoms with E-state index in [0.717, 1.165) is 0 Å². The average Bonchev–Trinajstić information content (AvgIpc) is 2.14. The first-order valence-electron chi connectivity index (χ1n) is 5.31. The van der Waals surface area contributed by atoms with Gasteiger partial charge in [0, 0.05) is 6.92 Å². The first-order chi connectivity index (χ1) is 7.66. The Hall–Kier alpha value is -1.04. The molecule has 2 N–H and O–H groups in total. The van der Waals surface area contributed by atoms with Crippen molar-refractivity contribution in [3.05, 3.63) is 0 Å². The number of carboxylic acids is 1. The number of ketones is 1. The Kier molecular flexibility index (Phi) is 6.23. The third-order valence-electron chi connectivity index (χ3n) is 2.39. The summed E-state index contributed by atoms with van der Waals surface area (Å²) in [4.78, 5) is 32.9. The summed E-state index contributed by atoms with van der Waals surface area (Å²) in [6.45, 7) is 6.39. The molecule has 0 rings (SSSR count). The van der Waals surface area contributed by atoms with Crippen LogP contribution in [0.5, 0.6) is 0 Å². The van der Waals surface area contributed by atoms with Gasteiger partial charge in [-0.2, -0.15) is 0 Å². The molecule has 0 spiro atoms. The van der Waals surface area contributed by atoms with E-state index in [0.29, 0.717) is 12.2 Å². The van der Waals surface area contributed by atoms with Gasteiger partial charge >= 0.3 is 5.97 Å². The summed E-state index contributed by atoms with van der Waals surface area (Å²) in [5, 5.41) is 11.2. The maximum atomic E-state index is 11.2. The molecule has 0 radical (unpaired) electrons. The van der Waals surface area contributed by atoms with E-state index >= 15 is 0 Å². The van der Waals surface area contributed by atoms with Crippen LogP contribution in [-0.4, -0.2) is 39.3 Å². The lowest BCUT2D eigenvalue weighted by molar-refractivity contribution is -0.141. The highest BCUT2D eigenvalue weighted by Gasteiger charge is 2.25. The zero-order chi connectivity index (χ0) is 13.6. The van der Waals surface area contributed by atoms with Gasteiger partial charge in [0.25, 0.3) is 0 Å². The summed E-state index contributed by atoms with van der Waals surface area (Å²) < 4.78 is -0.515. The summed E-state index contributed by atoms with van der Waals surface area (Å²) in [6.07, 6.45) is 0.302. The molecule has 0 bridgehead atoms. The van der Waals surface area contributed by atoms with Crippen LogP contribution < -0.4 is 5.32 Å². The van der Waals surface area contributed by atoms with E-state index in [9.17, 15) is 14.4 Å². The first kappa shape index (κ1) is 16.0. The Morgan fingerprint density at radius 3 is 2.18 bits per heavy atom. The van der Waals surface area contributed by atoms with Gasteiger partial charge in [0.2, 0.25) is 5.91 Å². The van der Waals surface area contributed by atoms with Crippen LogP contribution in [0.3, 0.4) is 0 Å². The number of amides is 1. The van der Waals surface area contributed by atoms with Crippen LogP contribution in [0.25, 0.3) is 0 Å². The average molecular weight is 261 g/mol. The first-order valence-corrected chi connectivity index (χ1v) is 6.30. The number of carbonyl (C=O) groups excluding carboxylic acids is 2. The van der Waals surface area contributed by atoms with Gasteiger partial charge in [-0.15, -0.1) is 11.8 Å². The second kappa shape index (κ2) is 6.64. The van der Waals surface area contributed by atoms with Crippen LogP contribution in [-0.2, 0) is 14.4 Å². The zero-order valence-electron chi connectivity index (χ0n) is 10.6. The van der Waals surface area contributed by atoms with Crippen molar-refractivity contribution in [3.8, 4) is 0 Å². The predicted molar refractivity (Wildman–Crippen MR) is 67.1 cm³/mol. The summed E-state index contributed by atoms with van der Waals surface area (Å²) in [7, 11) is 0. The topological polar surface area (TPSA) is 83.5 Å². The minimum Gasteiger partial charge on any atom is -0.480 e. The highest BCUT2D eigenvalue weighted by atomic mass is 32.2. The molecule has 0 heterocycles. The number of carbonyl (C=O) groups is 3. The molecule has 1 atom stereocenters. The van der Waals surface area contributed by atoms with E-state index < -0.39 is 16.8 Å². The van der Waals surface area contributed by atoms with Crippen molar-refractivity contribution in [2.45, 2.75) is 44.9 Å². The SMILES string of the molecule is CC(=O)N[C@@H](CCSC(C)(C)C(C)=O)C(=O)O. The van der Waals surface area contributed by atoms with Gasteiger partial charge < -0.3 is 10.4 Å². The van der Waals surface area contributed by atoms with Crippen molar-refractivity contribution < 1.29 is 19.5 Å². The van der Waals surface area contributed by atoms with Crippen molar-refractivity contribution >= 4 is 29.4 Å². The van der Waals surface area contributed by atoms with E-state index in [4.69, 9.17) is 5.11 Å². The van der Waals surface area contributed by atoms with Crippen molar-refractivity contribution in [2.24, 2.45) is 0 Å². The molecule has 0 aliphatic carbocycles. The molecule has 0 aromatic carbocycles. The molecule has 0 aliphatic rings. The number of carboxylic acid groups (broad SMARTS) is 1. The van der Waals surface area contributed by atoms with Crippen molar-refractivity contribution in [1.29, 1.82) is 0 Å². The molecule has 0 aliphatic heterocycles. The fourth-order valence-corrected chi connectivity index (χ4v) is 2.10. The lowest BCUT2D eigenvalue weighted by atomic mass is 10.1. The lowest BCUT2D eigenvalue weighted by Crippen LogP contribution is -2.40. The quantitative estimate of drug-likeness (QED) is 0.716. The van der Waals surface area contributed by atoms with Gasteiger partial charge in [-0.1, -0.05) is 0 Å². The Labute approximate surface area is 105 Å². The fourth-order valence-electron chi connectivity index (χ4n) is 1.04. The third kappa shape index (κ3) is 6.31. The highest BCUT2D eigenvalue weighted by molar-refractivity contribution is 8.01. The van der Waals surface area contributed by atoms with Gasteiger partial charge in [0.1, 0.15) is 11.8 Å². The van der Waals surface area contributed by atoms with Crippen LogP contribution >= 0.6 is 11.8 Å². The van der Waals surface area contributed by atoms with Crippen molar-refractivity contribution in [3.63, 3.8) is 0 Å². The largest absolute Gasteiger partial charge is 0.480 e. The Morgan fingerprint density at radius 1 is 1.29 bits per heavy atom. The molecule has 5 nitrogen and oxygen atoms in total. The van der Waals surface area contributed by atoms with E-state index in [1.54, 1.807) is 13.8 Å². The normalized spacial score (nSPS) is 12.9. The molecule has 6 heteroatoms. The molecule has 17 heavy (non-hydrogen) atoms. The molecule has 0 saturated carbocycles. The minimum absolute atomic E-state index is 0.0499. The van der Waals surface area contributed by atoms with Crippen LogP contribution in [0, 0.1) is 0 Å². The molecule has 0 saturated heterocycles. The van der Waals surface area contributed by atoms with Crippen molar-refractivity contribution in [2.75, 3.05) is 5.75 Å². The predicted octanol–water partition coefficient (Wildman–Crippen LogP) is 1.07. The third-order valence-corrected chi connectivity index (χ3v) is 3.84. The number of hydrogen-bond donors (Lipinski definition) is 2. The van der Waals surface area contributed by atoms with Crippen molar-refractivity contribution in [1.82, 2.24) is 5.32 Å². The smallest absolute Gasteiger partial charge is 0.326 e. The maximum Gasteiger partial charge on any atom is 0.326 e. The van der Waals surface area contributed by atoms with Crippen LogP contribution in [0.1, 0.15) is 34.1 Å². The maximum absolute atomic E-state index is 11.2. The van der Waals surface area contributed by atoms with E-state index in [2.05, 4.69) is 5.32 Å². The molecule has 0 aromatic rings. The molecule has 0 aromatic heterocycles. The number of nitrogens with one attached hydrogen (secondary N) is 1. The molecule has 1 amide bonds. The summed E-state index contributed by atoms with van der Waals surface area (Å²) in [5.41, 5.74) is 0. The Balaban J connectivity index is 4.20. The van der Waals surface area contributed by atoms with Gasteiger partial charge in [-0.05, 0) is 32.9 Å². The van der Waals surface area contributed by atoms with Gasteiger partial charge in [0.15, 0.2) is 0 Å². The number of thioether (sulfide) groups is 1. The standard InChI is InChI=1S/C11H19NO4S/c1-7(13)11(3,4)17-6-5-9(10(15)16)12-8(2)14/h9H,5-6H2,1-4H3,(H,12,14)(H,15,16)/t9-/m0/s1. The second-order valence-electron chi connectivity index (χ2n) is 4.29. The second-order valence-corrected chi connectivity index (χ2v) is 6.01. The van der Waals surface area contributed by atoms with E-state index in [1.165, 1.54) is 25.6 Å². The van der Waals surface area contributed by atoms with Crippen LogP contribution in [0.2, 0.25) is 0 Å². The fraction of sp³-hybridized carbons (Fsp3) is 0.727. The van der Waals surface area contributed by atoms with Gasteiger partial charge in [-0.25, -0.2) is 4.79 Å². The zero-order valence-corrected chi connectivity index (χ0v) is 11.4. The number of Topliss-reactive ketones (excluding diaryl/α,β-unsaturated/α-hetero) is 1. The summed E-state index contributed by atoms with van der Waals surface area (Å²) in [6, 6.07) is -0.886. The number of aliphatic carboxylic acids is 1. The summed E-state index contributed by atoms with van der Waals surface area (Å²) in [5.74, 6) is -0.868. The molecular weight excluding hydrogens is 242 g/mol. The number of rotatable bonds is 7. The molecular formula is C11H19NO4S. The minimum atomic E-state index is -1.05. The van der Waals surface area contributed by atoms with Gasteiger partial charge in [0.05, 0.1) is 4.75 Å². The van der Waals surface area contributed by atoms with E-state index in [-0.39, 0.29) is 11.7 Å². The van der Waals surface area contributed by atoms with Crippen LogP contribution in [0.15, 0.2) is 0 Å². The Bertz CT molecular complexity index is 315. The monoisotopic (exact) mass is 261 g/mol. The van der Waals surface area contributed by atoms with Gasteiger partial charge in [-0.3, -0.25) is 9.59 Å². The van der Waals surface area contributed by atoms with Crippen LogP contribution in [0.4, 0.5) is 0 Å². The molecule has 0 fully saturated rings.